The number of morpholine rings is 1. The molecule has 6 heteroatoms. The summed E-state index contributed by atoms with van der Waals surface area (Å²) in [4.78, 5) is 24.4. The van der Waals surface area contributed by atoms with E-state index in [1.54, 1.807) is 4.90 Å². The van der Waals surface area contributed by atoms with Gasteiger partial charge in [-0.2, -0.15) is 0 Å². The van der Waals surface area contributed by atoms with Crippen molar-refractivity contribution in [3.63, 3.8) is 0 Å². The maximum Gasteiger partial charge on any atom is 0.242 e. The van der Waals surface area contributed by atoms with Crippen molar-refractivity contribution in [2.75, 3.05) is 38.2 Å². The largest absolute Gasteiger partial charge is 0.378 e. The summed E-state index contributed by atoms with van der Waals surface area (Å²) in [6, 6.07) is 0. The minimum absolute atomic E-state index is 0.0405. The van der Waals surface area contributed by atoms with Gasteiger partial charge in [0, 0.05) is 24.8 Å². The fourth-order valence-electron chi connectivity index (χ4n) is 1.27. The Morgan fingerprint density at radius 2 is 2.00 bits per heavy atom. The number of nitrogens with zero attached hydrogens (tertiary/aromatic N) is 1. The second-order valence-electron chi connectivity index (χ2n) is 3.21. The molecule has 1 aliphatic rings. The molecule has 1 rings (SSSR count). The average Bonchev–Trinajstić information content (AvgIpc) is 2.27. The normalized spacial score (nSPS) is 16.2. The highest BCUT2D eigenvalue weighted by atomic mass is 79.9. The standard InChI is InChI=1S/C9H15BrN2O3/c10-2-1-8(13)11-7-9(14)12-3-5-15-6-4-12/h1-7H2,(H,11,13). The van der Waals surface area contributed by atoms with Crippen LogP contribution in [-0.2, 0) is 14.3 Å². The number of hydrogen-bond donors (Lipinski definition) is 1. The van der Waals surface area contributed by atoms with Crippen LogP contribution in [0.15, 0.2) is 0 Å². The first kappa shape index (κ1) is 12.4. The molecule has 2 amide bonds. The van der Waals surface area contributed by atoms with Crippen LogP contribution in [0.5, 0.6) is 0 Å². The number of amides is 2. The molecule has 0 radical (unpaired) electrons. The molecule has 0 atom stereocenters. The Hall–Kier alpha value is -0.620. The lowest BCUT2D eigenvalue weighted by atomic mass is 10.4. The zero-order chi connectivity index (χ0) is 11.1. The Kier molecular flexibility index (Phi) is 5.63. The van der Waals surface area contributed by atoms with Gasteiger partial charge in [-0.15, -0.1) is 0 Å². The van der Waals surface area contributed by atoms with Gasteiger partial charge in [-0.3, -0.25) is 9.59 Å². The lowest BCUT2D eigenvalue weighted by Gasteiger charge is -2.26. The number of nitrogens with one attached hydrogen (secondary N) is 1. The Morgan fingerprint density at radius 3 is 2.60 bits per heavy atom. The van der Waals surface area contributed by atoms with Crippen molar-refractivity contribution in [2.24, 2.45) is 0 Å². The minimum Gasteiger partial charge on any atom is -0.378 e. The maximum absolute atomic E-state index is 11.6. The third-order valence-electron chi connectivity index (χ3n) is 2.12. The van der Waals surface area contributed by atoms with Crippen LogP contribution < -0.4 is 5.32 Å². The van der Waals surface area contributed by atoms with Crippen LogP contribution in [0.3, 0.4) is 0 Å². The topological polar surface area (TPSA) is 58.6 Å². The monoisotopic (exact) mass is 278 g/mol. The van der Waals surface area contributed by atoms with Crippen LogP contribution in [-0.4, -0.2) is 54.9 Å². The summed E-state index contributed by atoms with van der Waals surface area (Å²) in [5.74, 6) is -0.144. The van der Waals surface area contributed by atoms with Crippen molar-refractivity contribution < 1.29 is 14.3 Å². The van der Waals surface area contributed by atoms with E-state index in [-0.39, 0.29) is 18.4 Å². The van der Waals surface area contributed by atoms with E-state index in [1.165, 1.54) is 0 Å². The van der Waals surface area contributed by atoms with Crippen LogP contribution >= 0.6 is 15.9 Å². The molecule has 0 saturated carbocycles. The van der Waals surface area contributed by atoms with Crippen molar-refractivity contribution >= 4 is 27.7 Å². The first-order chi connectivity index (χ1) is 7.24. The van der Waals surface area contributed by atoms with Crippen LogP contribution in [0, 0.1) is 0 Å². The van der Waals surface area contributed by atoms with Gasteiger partial charge in [0.05, 0.1) is 19.8 Å². The second-order valence-corrected chi connectivity index (χ2v) is 4.00. The summed E-state index contributed by atoms with van der Waals surface area (Å²) in [6.45, 7) is 2.49. The molecule has 0 aromatic heterocycles. The molecular formula is C9H15BrN2O3. The van der Waals surface area contributed by atoms with E-state index in [4.69, 9.17) is 4.74 Å². The summed E-state index contributed by atoms with van der Waals surface area (Å²) >= 11 is 3.16. The Balaban J connectivity index is 2.19. The molecule has 0 bridgehead atoms. The molecular weight excluding hydrogens is 264 g/mol. The smallest absolute Gasteiger partial charge is 0.242 e. The van der Waals surface area contributed by atoms with Crippen LogP contribution in [0.25, 0.3) is 0 Å². The molecule has 86 valence electrons. The van der Waals surface area contributed by atoms with Crippen LogP contribution in [0.4, 0.5) is 0 Å². The SMILES string of the molecule is O=C(CCBr)NCC(=O)N1CCOCC1. The van der Waals surface area contributed by atoms with Crippen LogP contribution in [0.2, 0.25) is 0 Å². The Morgan fingerprint density at radius 1 is 1.33 bits per heavy atom. The first-order valence-corrected chi connectivity index (χ1v) is 6.04. The van der Waals surface area contributed by atoms with Crippen molar-refractivity contribution in [3.8, 4) is 0 Å². The van der Waals surface area contributed by atoms with E-state index in [0.717, 1.165) is 0 Å². The van der Waals surface area contributed by atoms with Gasteiger partial charge in [0.2, 0.25) is 11.8 Å². The molecule has 1 saturated heterocycles. The fourth-order valence-corrected chi connectivity index (χ4v) is 1.63. The number of hydrogen-bond acceptors (Lipinski definition) is 3. The molecule has 5 nitrogen and oxygen atoms in total. The highest BCUT2D eigenvalue weighted by molar-refractivity contribution is 9.09. The minimum atomic E-state index is -0.103. The molecule has 0 spiro atoms. The predicted octanol–water partition coefficient (Wildman–Crippen LogP) is -0.254. The highest BCUT2D eigenvalue weighted by Gasteiger charge is 2.16. The van der Waals surface area contributed by atoms with Gasteiger partial charge in [0.1, 0.15) is 0 Å². The lowest BCUT2D eigenvalue weighted by molar-refractivity contribution is -0.136. The molecule has 1 heterocycles. The first-order valence-electron chi connectivity index (χ1n) is 4.92. The number of rotatable bonds is 4. The quantitative estimate of drug-likeness (QED) is 0.722. The summed E-state index contributed by atoms with van der Waals surface area (Å²) in [5, 5.41) is 3.20. The number of ether oxygens (including phenoxy) is 1. The maximum atomic E-state index is 11.6. The van der Waals surface area contributed by atoms with E-state index in [0.29, 0.717) is 38.1 Å². The molecule has 1 N–H and O–H groups in total. The van der Waals surface area contributed by atoms with Gasteiger partial charge in [0.15, 0.2) is 0 Å². The van der Waals surface area contributed by atoms with E-state index < -0.39 is 0 Å². The van der Waals surface area contributed by atoms with Crippen molar-refractivity contribution in [1.82, 2.24) is 10.2 Å². The Labute approximate surface area is 97.3 Å². The summed E-state index contributed by atoms with van der Waals surface area (Å²) < 4.78 is 5.13. The number of carbonyl (C=O) groups is 2. The van der Waals surface area contributed by atoms with Gasteiger partial charge >= 0.3 is 0 Å². The highest BCUT2D eigenvalue weighted by Crippen LogP contribution is 1.96. The average molecular weight is 279 g/mol. The van der Waals surface area contributed by atoms with Gasteiger partial charge in [-0.05, 0) is 0 Å². The molecule has 0 aromatic carbocycles. The van der Waals surface area contributed by atoms with Gasteiger partial charge in [-0.1, -0.05) is 15.9 Å². The van der Waals surface area contributed by atoms with Gasteiger partial charge in [-0.25, -0.2) is 0 Å². The molecule has 0 aliphatic carbocycles. The van der Waals surface area contributed by atoms with Crippen LogP contribution in [0.1, 0.15) is 6.42 Å². The van der Waals surface area contributed by atoms with E-state index in [1.807, 2.05) is 0 Å². The molecule has 1 fully saturated rings. The summed E-state index contributed by atoms with van der Waals surface area (Å²) in [7, 11) is 0. The third-order valence-corrected chi connectivity index (χ3v) is 2.52. The molecule has 0 aromatic rings. The summed E-state index contributed by atoms with van der Waals surface area (Å²) in [5.41, 5.74) is 0. The molecule has 15 heavy (non-hydrogen) atoms. The number of halogens is 1. The third kappa shape index (κ3) is 4.61. The van der Waals surface area contributed by atoms with Gasteiger partial charge in [0.25, 0.3) is 0 Å². The van der Waals surface area contributed by atoms with Crippen molar-refractivity contribution in [3.05, 3.63) is 0 Å². The Bertz CT molecular complexity index is 229. The van der Waals surface area contributed by atoms with Crippen molar-refractivity contribution in [1.29, 1.82) is 0 Å². The predicted molar refractivity (Wildman–Crippen MR) is 58.8 cm³/mol. The van der Waals surface area contributed by atoms with E-state index >= 15 is 0 Å². The number of carbonyl (C=O) groups excluding carboxylic acids is 2. The van der Waals surface area contributed by atoms with Crippen molar-refractivity contribution in [2.45, 2.75) is 6.42 Å². The zero-order valence-corrected chi connectivity index (χ0v) is 10.1. The second kappa shape index (κ2) is 6.79. The zero-order valence-electron chi connectivity index (χ0n) is 8.50. The van der Waals surface area contributed by atoms with Gasteiger partial charge < -0.3 is 15.0 Å². The fraction of sp³-hybridized carbons (Fsp3) is 0.778. The number of alkyl halides is 1. The molecule has 1 aliphatic heterocycles. The lowest BCUT2D eigenvalue weighted by Crippen LogP contribution is -2.45. The van der Waals surface area contributed by atoms with E-state index in [2.05, 4.69) is 21.2 Å². The summed E-state index contributed by atoms with van der Waals surface area (Å²) in [6.07, 6.45) is 0.399. The van der Waals surface area contributed by atoms with E-state index in [9.17, 15) is 9.59 Å². The molecule has 0 unspecified atom stereocenters.